The second kappa shape index (κ2) is 6.51. The Hall–Kier alpha value is -2.57. The molecule has 0 spiro atoms. The van der Waals surface area contributed by atoms with Gasteiger partial charge in [-0.3, -0.25) is 9.78 Å². The third-order valence-electron chi connectivity index (χ3n) is 3.61. The summed E-state index contributed by atoms with van der Waals surface area (Å²) >= 11 is 3.04. The van der Waals surface area contributed by atoms with Crippen LogP contribution in [0.5, 0.6) is 0 Å². The lowest BCUT2D eigenvalue weighted by atomic mass is 10.1. The molecular formula is C18H13N3OS2. The summed E-state index contributed by atoms with van der Waals surface area (Å²) in [6, 6.07) is 13.7. The van der Waals surface area contributed by atoms with Crippen LogP contribution in [0.1, 0.15) is 15.4 Å². The highest BCUT2D eigenvalue weighted by Gasteiger charge is 2.13. The molecule has 0 aliphatic rings. The van der Waals surface area contributed by atoms with Crippen molar-refractivity contribution in [2.45, 2.75) is 6.54 Å². The van der Waals surface area contributed by atoms with Gasteiger partial charge in [0, 0.05) is 23.7 Å². The Morgan fingerprint density at radius 1 is 1.12 bits per heavy atom. The standard InChI is InChI=1S/C18H13N3OS2/c22-17(18-21-14-5-1-2-6-15(14)24-18)20-10-12-4-3-8-19-16(12)13-7-9-23-11-13/h1-9,11H,10H2,(H,20,22). The number of hydrogen-bond acceptors (Lipinski definition) is 5. The van der Waals surface area contributed by atoms with Crippen LogP contribution in [0.2, 0.25) is 0 Å². The van der Waals surface area contributed by atoms with E-state index in [1.165, 1.54) is 11.3 Å². The molecule has 0 saturated carbocycles. The van der Waals surface area contributed by atoms with Gasteiger partial charge in [-0.1, -0.05) is 18.2 Å². The second-order valence-corrected chi connectivity index (χ2v) is 7.00. The molecule has 0 atom stereocenters. The molecular weight excluding hydrogens is 338 g/mol. The molecule has 4 rings (SSSR count). The summed E-state index contributed by atoms with van der Waals surface area (Å²) in [4.78, 5) is 21.2. The largest absolute Gasteiger partial charge is 0.346 e. The number of amides is 1. The summed E-state index contributed by atoms with van der Waals surface area (Å²) in [5.41, 5.74) is 3.83. The van der Waals surface area contributed by atoms with E-state index in [2.05, 4.69) is 20.7 Å². The van der Waals surface area contributed by atoms with Crippen LogP contribution in [0.4, 0.5) is 0 Å². The molecule has 0 saturated heterocycles. The minimum Gasteiger partial charge on any atom is -0.346 e. The zero-order valence-corrected chi connectivity index (χ0v) is 14.2. The van der Waals surface area contributed by atoms with Crippen LogP contribution < -0.4 is 5.32 Å². The number of nitrogens with zero attached hydrogens (tertiary/aromatic N) is 2. The number of rotatable bonds is 4. The maximum atomic E-state index is 12.4. The van der Waals surface area contributed by atoms with Crippen LogP contribution in [0.15, 0.2) is 59.4 Å². The first kappa shape index (κ1) is 15.0. The molecule has 0 radical (unpaired) electrons. The van der Waals surface area contributed by atoms with Gasteiger partial charge in [-0.05, 0) is 35.2 Å². The molecule has 0 bridgehead atoms. The molecule has 24 heavy (non-hydrogen) atoms. The molecule has 4 aromatic rings. The van der Waals surface area contributed by atoms with Crippen molar-refractivity contribution in [2.75, 3.05) is 0 Å². The number of aromatic nitrogens is 2. The van der Waals surface area contributed by atoms with Gasteiger partial charge in [0.1, 0.15) is 0 Å². The molecule has 1 aromatic carbocycles. The summed E-state index contributed by atoms with van der Waals surface area (Å²) < 4.78 is 1.02. The molecule has 0 fully saturated rings. The lowest BCUT2D eigenvalue weighted by Gasteiger charge is -2.08. The first-order chi connectivity index (χ1) is 11.8. The number of pyridine rings is 1. The Morgan fingerprint density at radius 2 is 2.04 bits per heavy atom. The van der Waals surface area contributed by atoms with E-state index in [-0.39, 0.29) is 5.91 Å². The van der Waals surface area contributed by atoms with Crippen molar-refractivity contribution >= 4 is 38.8 Å². The average molecular weight is 351 g/mol. The van der Waals surface area contributed by atoms with Gasteiger partial charge in [-0.25, -0.2) is 4.98 Å². The molecule has 3 aromatic heterocycles. The van der Waals surface area contributed by atoms with Gasteiger partial charge in [-0.2, -0.15) is 11.3 Å². The highest BCUT2D eigenvalue weighted by molar-refractivity contribution is 7.20. The van der Waals surface area contributed by atoms with E-state index in [0.29, 0.717) is 11.6 Å². The lowest BCUT2D eigenvalue weighted by Crippen LogP contribution is -2.23. The molecule has 0 aliphatic carbocycles. The van der Waals surface area contributed by atoms with E-state index in [9.17, 15) is 4.79 Å². The van der Waals surface area contributed by atoms with Crippen molar-refractivity contribution in [3.8, 4) is 11.3 Å². The molecule has 1 amide bonds. The SMILES string of the molecule is O=C(NCc1cccnc1-c1ccsc1)c1nc2ccccc2s1. The van der Waals surface area contributed by atoms with Gasteiger partial charge in [0.05, 0.1) is 15.9 Å². The van der Waals surface area contributed by atoms with Gasteiger partial charge in [0.2, 0.25) is 0 Å². The fourth-order valence-electron chi connectivity index (χ4n) is 2.46. The first-order valence-electron chi connectivity index (χ1n) is 7.41. The van der Waals surface area contributed by atoms with Gasteiger partial charge in [0.15, 0.2) is 5.01 Å². The highest BCUT2D eigenvalue weighted by atomic mass is 32.1. The number of carbonyl (C=O) groups excluding carboxylic acids is 1. The molecule has 4 nitrogen and oxygen atoms in total. The Kier molecular flexibility index (Phi) is 4.06. The summed E-state index contributed by atoms with van der Waals surface area (Å²) in [7, 11) is 0. The van der Waals surface area contributed by atoms with Crippen LogP contribution in [0, 0.1) is 0 Å². The number of carbonyl (C=O) groups is 1. The fraction of sp³-hybridized carbons (Fsp3) is 0.0556. The summed E-state index contributed by atoms with van der Waals surface area (Å²) in [5.74, 6) is -0.156. The van der Waals surface area contributed by atoms with E-state index in [4.69, 9.17) is 0 Å². The lowest BCUT2D eigenvalue weighted by molar-refractivity contribution is 0.0951. The number of thiophene rings is 1. The maximum absolute atomic E-state index is 12.4. The third-order valence-corrected chi connectivity index (χ3v) is 5.33. The number of thiazole rings is 1. The zero-order valence-electron chi connectivity index (χ0n) is 12.6. The monoisotopic (exact) mass is 351 g/mol. The predicted octanol–water partition coefficient (Wildman–Crippen LogP) is 4.35. The molecule has 3 heterocycles. The van der Waals surface area contributed by atoms with Crippen molar-refractivity contribution in [2.24, 2.45) is 0 Å². The molecule has 6 heteroatoms. The molecule has 0 unspecified atom stereocenters. The minimum absolute atomic E-state index is 0.156. The Morgan fingerprint density at radius 3 is 2.88 bits per heavy atom. The second-order valence-electron chi connectivity index (χ2n) is 5.19. The normalized spacial score (nSPS) is 10.8. The van der Waals surface area contributed by atoms with Crippen molar-refractivity contribution in [3.05, 3.63) is 70.0 Å². The van der Waals surface area contributed by atoms with Gasteiger partial charge >= 0.3 is 0 Å². The zero-order chi connectivity index (χ0) is 16.4. The highest BCUT2D eigenvalue weighted by Crippen LogP contribution is 2.24. The van der Waals surface area contributed by atoms with Crippen LogP contribution >= 0.6 is 22.7 Å². The number of fused-ring (bicyclic) bond motifs is 1. The molecule has 1 N–H and O–H groups in total. The van der Waals surface area contributed by atoms with Gasteiger partial charge in [-0.15, -0.1) is 11.3 Å². The van der Waals surface area contributed by atoms with Gasteiger partial charge < -0.3 is 5.32 Å². The third kappa shape index (κ3) is 2.93. The molecule has 118 valence electrons. The van der Waals surface area contributed by atoms with Crippen LogP contribution in [-0.2, 0) is 6.54 Å². The minimum atomic E-state index is -0.156. The summed E-state index contributed by atoms with van der Waals surface area (Å²) in [6.45, 7) is 0.424. The van der Waals surface area contributed by atoms with Crippen molar-refractivity contribution in [1.82, 2.24) is 15.3 Å². The van der Waals surface area contributed by atoms with Crippen molar-refractivity contribution in [3.63, 3.8) is 0 Å². The Bertz CT molecular complexity index is 959. The quantitative estimate of drug-likeness (QED) is 0.595. The van der Waals surface area contributed by atoms with E-state index in [1.807, 2.05) is 47.8 Å². The topological polar surface area (TPSA) is 54.9 Å². The summed E-state index contributed by atoms with van der Waals surface area (Å²) in [6.07, 6.45) is 1.77. The molecule has 0 aliphatic heterocycles. The average Bonchev–Trinajstić information content (AvgIpc) is 3.29. The van der Waals surface area contributed by atoms with E-state index < -0.39 is 0 Å². The van der Waals surface area contributed by atoms with E-state index in [1.54, 1.807) is 17.5 Å². The van der Waals surface area contributed by atoms with E-state index in [0.717, 1.165) is 27.0 Å². The summed E-state index contributed by atoms with van der Waals surface area (Å²) in [5, 5.41) is 7.51. The van der Waals surface area contributed by atoms with Crippen LogP contribution in [0.3, 0.4) is 0 Å². The smallest absolute Gasteiger partial charge is 0.280 e. The van der Waals surface area contributed by atoms with Crippen molar-refractivity contribution in [1.29, 1.82) is 0 Å². The fourth-order valence-corrected chi connectivity index (χ4v) is 3.98. The number of hydrogen-bond donors (Lipinski definition) is 1. The van der Waals surface area contributed by atoms with E-state index >= 15 is 0 Å². The Labute approximate surface area is 146 Å². The number of benzene rings is 1. The maximum Gasteiger partial charge on any atom is 0.280 e. The van der Waals surface area contributed by atoms with Crippen molar-refractivity contribution < 1.29 is 4.79 Å². The Balaban J connectivity index is 1.54. The predicted molar refractivity (Wildman–Crippen MR) is 98.3 cm³/mol. The number of para-hydroxylation sites is 1. The van der Waals surface area contributed by atoms with Crippen LogP contribution in [0.25, 0.3) is 21.5 Å². The van der Waals surface area contributed by atoms with Crippen LogP contribution in [-0.4, -0.2) is 15.9 Å². The first-order valence-corrected chi connectivity index (χ1v) is 9.17. The number of nitrogens with one attached hydrogen (secondary N) is 1. The van der Waals surface area contributed by atoms with Gasteiger partial charge in [0.25, 0.3) is 5.91 Å².